The van der Waals surface area contributed by atoms with Gasteiger partial charge in [0.1, 0.15) is 0 Å². The van der Waals surface area contributed by atoms with Crippen molar-refractivity contribution in [3.05, 3.63) is 0 Å². The fraction of sp³-hybridized carbons (Fsp3) is 1.00. The van der Waals surface area contributed by atoms with Crippen LogP contribution in [0, 0.1) is 0 Å². The van der Waals surface area contributed by atoms with Gasteiger partial charge in [-0.05, 0) is 0 Å². The van der Waals surface area contributed by atoms with Gasteiger partial charge in [-0.25, -0.2) is 0 Å². The monoisotopic (exact) mass is 291 g/mol. The first-order valence-corrected chi connectivity index (χ1v) is 12.2. The van der Waals surface area contributed by atoms with Gasteiger partial charge in [-0.2, -0.15) is 0 Å². The molecule has 0 atom stereocenters. The fourth-order valence-corrected chi connectivity index (χ4v) is 11.1. The van der Waals surface area contributed by atoms with E-state index in [-0.39, 0.29) is 0 Å². The van der Waals surface area contributed by atoms with E-state index in [0.717, 1.165) is 0 Å². The predicted octanol–water partition coefficient (Wildman–Crippen LogP) is 4.88. The van der Waals surface area contributed by atoms with Crippen molar-refractivity contribution < 1.29 is 0 Å². The molecule has 0 heterocycles. The summed E-state index contributed by atoms with van der Waals surface area (Å²) in [6.45, 7) is 7.00. The molecule has 1 heteroatoms. The molecule has 0 aromatic heterocycles. The minimum atomic E-state index is -0.839. The van der Waals surface area contributed by atoms with E-state index in [9.17, 15) is 0 Å². The van der Waals surface area contributed by atoms with Crippen LogP contribution in [0.4, 0.5) is 0 Å². The average Bonchev–Trinajstić information content (AvgIpc) is 2.17. The predicted molar refractivity (Wildman–Crippen MR) is 64.9 cm³/mol. The summed E-state index contributed by atoms with van der Waals surface area (Å²) in [6, 6.07) is 0. The molecule has 0 aliphatic heterocycles. The molecule has 0 unspecified atom stereocenters. The van der Waals surface area contributed by atoms with Crippen molar-refractivity contribution in [1.82, 2.24) is 0 Å². The number of rotatable bonds is 9. The van der Waals surface area contributed by atoms with Crippen LogP contribution >= 0.6 is 0 Å². The van der Waals surface area contributed by atoms with Gasteiger partial charge in [-0.1, -0.05) is 0 Å². The molecule has 0 fully saturated rings. The topological polar surface area (TPSA) is 0 Å². The van der Waals surface area contributed by atoms with Crippen molar-refractivity contribution in [2.45, 2.75) is 72.6 Å². The molecule has 0 amide bonds. The first kappa shape index (κ1) is 13.8. The van der Waals surface area contributed by atoms with Gasteiger partial charge in [0.25, 0.3) is 0 Å². The average molecular weight is 290 g/mol. The summed E-state index contributed by atoms with van der Waals surface area (Å²) in [5.74, 6) is 0. The molecule has 0 aliphatic carbocycles. The van der Waals surface area contributed by atoms with Crippen molar-refractivity contribution in [1.29, 1.82) is 0 Å². The third kappa shape index (κ3) is 9.11. The zero-order valence-electron chi connectivity index (χ0n) is 9.86. The van der Waals surface area contributed by atoms with E-state index in [2.05, 4.69) is 20.8 Å². The van der Waals surface area contributed by atoms with Crippen molar-refractivity contribution >= 4 is 19.8 Å². The maximum absolute atomic E-state index is 2.33. The fourth-order valence-electron chi connectivity index (χ4n) is 1.66. The summed E-state index contributed by atoms with van der Waals surface area (Å²) in [5, 5.41) is 0. The van der Waals surface area contributed by atoms with Gasteiger partial charge in [-0.3, -0.25) is 0 Å². The quantitative estimate of drug-likeness (QED) is 0.531. The Morgan fingerprint density at radius 1 is 0.615 bits per heavy atom. The zero-order chi connectivity index (χ0) is 9.94. The van der Waals surface area contributed by atoms with Crippen LogP contribution in [0.25, 0.3) is 0 Å². The van der Waals surface area contributed by atoms with E-state index < -0.39 is 19.8 Å². The summed E-state index contributed by atoms with van der Waals surface area (Å²) in [4.78, 5) is 0. The summed E-state index contributed by atoms with van der Waals surface area (Å²) in [7, 11) is 0. The van der Waals surface area contributed by atoms with Gasteiger partial charge >= 0.3 is 92.4 Å². The Hall–Kier alpha value is 0.799. The van der Waals surface area contributed by atoms with E-state index in [1.165, 1.54) is 38.5 Å². The first-order valence-electron chi connectivity index (χ1n) is 6.18. The molecular weight excluding hydrogens is 263 g/mol. The molecule has 0 aliphatic rings. The third-order valence-electron chi connectivity index (χ3n) is 2.65. The second-order valence-electron chi connectivity index (χ2n) is 4.06. The summed E-state index contributed by atoms with van der Waals surface area (Å²) in [6.07, 6.45) is 8.85. The molecule has 0 N–H and O–H groups in total. The van der Waals surface area contributed by atoms with E-state index in [1.54, 1.807) is 13.3 Å². The molecule has 0 saturated heterocycles. The van der Waals surface area contributed by atoms with Gasteiger partial charge in [-0.15, -0.1) is 0 Å². The van der Waals surface area contributed by atoms with Crippen molar-refractivity contribution in [3.8, 4) is 0 Å². The number of hydrogen-bond acceptors (Lipinski definition) is 0. The normalized spacial score (nSPS) is 10.4. The molecule has 13 heavy (non-hydrogen) atoms. The van der Waals surface area contributed by atoms with Crippen molar-refractivity contribution in [2.75, 3.05) is 0 Å². The maximum atomic E-state index is 2.33. The van der Waals surface area contributed by atoms with E-state index in [0.29, 0.717) is 0 Å². The Labute approximate surface area is 92.2 Å². The number of hydrogen-bond donors (Lipinski definition) is 0. The Morgan fingerprint density at radius 2 is 0.923 bits per heavy atom. The SMILES string of the molecule is CCC[CH2][Sn+]([CH2]CCC)[CH2]CCC. The molecule has 0 aromatic rings. The standard InChI is InChI=1S/3C4H9.Sn/c3*1-3-4-2;/h3*1,3-4H2,2H3;/q;;;+1. The van der Waals surface area contributed by atoms with Gasteiger partial charge in [0.05, 0.1) is 0 Å². The second kappa shape index (κ2) is 10.9. The van der Waals surface area contributed by atoms with E-state index in [1.807, 2.05) is 0 Å². The van der Waals surface area contributed by atoms with Crippen LogP contribution in [-0.4, -0.2) is 19.8 Å². The molecule has 0 nitrogen and oxygen atoms in total. The van der Waals surface area contributed by atoms with Crippen LogP contribution in [-0.2, 0) is 0 Å². The van der Waals surface area contributed by atoms with Gasteiger partial charge in [0.15, 0.2) is 0 Å². The van der Waals surface area contributed by atoms with Crippen LogP contribution < -0.4 is 0 Å². The summed E-state index contributed by atoms with van der Waals surface area (Å²) < 4.78 is 5.04. The first-order chi connectivity index (χ1) is 6.35. The third-order valence-corrected chi connectivity index (χ3v) is 11.7. The van der Waals surface area contributed by atoms with Crippen LogP contribution in [0.15, 0.2) is 0 Å². The minimum absolute atomic E-state index is 0.839. The Bertz CT molecular complexity index is 72.1. The van der Waals surface area contributed by atoms with Crippen LogP contribution in [0.1, 0.15) is 59.3 Å². The Morgan fingerprint density at radius 3 is 1.15 bits per heavy atom. The summed E-state index contributed by atoms with van der Waals surface area (Å²) >= 11 is -0.839. The molecule has 0 aromatic carbocycles. The second-order valence-corrected chi connectivity index (χ2v) is 12.6. The van der Waals surface area contributed by atoms with Crippen LogP contribution in [0.5, 0.6) is 0 Å². The molecular formula is C12H27Sn+. The van der Waals surface area contributed by atoms with Gasteiger partial charge in [0.2, 0.25) is 0 Å². The van der Waals surface area contributed by atoms with E-state index >= 15 is 0 Å². The molecule has 0 bridgehead atoms. The van der Waals surface area contributed by atoms with Crippen molar-refractivity contribution in [3.63, 3.8) is 0 Å². The van der Waals surface area contributed by atoms with Gasteiger partial charge in [0, 0.05) is 0 Å². The zero-order valence-corrected chi connectivity index (χ0v) is 12.7. The molecule has 0 radical (unpaired) electrons. The van der Waals surface area contributed by atoms with Gasteiger partial charge < -0.3 is 0 Å². The summed E-state index contributed by atoms with van der Waals surface area (Å²) in [5.41, 5.74) is 0. The van der Waals surface area contributed by atoms with Crippen LogP contribution in [0.3, 0.4) is 0 Å². The molecule has 0 saturated carbocycles. The van der Waals surface area contributed by atoms with E-state index in [4.69, 9.17) is 0 Å². The Kier molecular flexibility index (Phi) is 11.5. The van der Waals surface area contributed by atoms with Crippen molar-refractivity contribution in [2.24, 2.45) is 0 Å². The molecule has 0 rings (SSSR count). The molecule has 78 valence electrons. The number of unbranched alkanes of at least 4 members (excludes halogenated alkanes) is 3. The molecule has 0 spiro atoms. The van der Waals surface area contributed by atoms with Crippen LogP contribution in [0.2, 0.25) is 13.3 Å². The Balaban J connectivity index is 3.47.